The lowest BCUT2D eigenvalue weighted by Gasteiger charge is -2.34. The molecule has 1 fully saturated rings. The summed E-state index contributed by atoms with van der Waals surface area (Å²) in [5, 5.41) is 4.43. The molecule has 1 aliphatic heterocycles. The average molecular weight is 375 g/mol. The second-order valence-corrected chi connectivity index (χ2v) is 7.30. The third kappa shape index (κ3) is 4.06. The van der Waals surface area contributed by atoms with Crippen molar-refractivity contribution in [2.45, 2.75) is 19.4 Å². The van der Waals surface area contributed by atoms with Gasteiger partial charge in [-0.3, -0.25) is 4.79 Å². The van der Waals surface area contributed by atoms with Gasteiger partial charge in [-0.1, -0.05) is 24.3 Å². The Morgan fingerprint density at radius 3 is 2.79 bits per heavy atom. The predicted octanol–water partition coefficient (Wildman–Crippen LogP) is 3.14. The number of pyridine rings is 1. The van der Waals surface area contributed by atoms with E-state index in [9.17, 15) is 4.79 Å². The van der Waals surface area contributed by atoms with Crippen LogP contribution in [0.5, 0.6) is 0 Å². The van der Waals surface area contributed by atoms with Crippen LogP contribution in [0.4, 0.5) is 5.82 Å². The Hall–Kier alpha value is -3.15. The van der Waals surface area contributed by atoms with Gasteiger partial charge in [-0.15, -0.1) is 0 Å². The molecule has 6 heteroatoms. The molecule has 1 aromatic carbocycles. The first kappa shape index (κ1) is 18.2. The Kier molecular flexibility index (Phi) is 5.37. The molecule has 1 atom stereocenters. The van der Waals surface area contributed by atoms with E-state index in [1.807, 2.05) is 77.6 Å². The van der Waals surface area contributed by atoms with E-state index in [4.69, 9.17) is 0 Å². The average Bonchev–Trinajstić information content (AvgIpc) is 3.23. The van der Waals surface area contributed by atoms with Gasteiger partial charge in [0.15, 0.2) is 0 Å². The van der Waals surface area contributed by atoms with Crippen LogP contribution in [0.2, 0.25) is 0 Å². The quantitative estimate of drug-likeness (QED) is 0.687. The lowest BCUT2D eigenvalue weighted by molar-refractivity contribution is -0.135. The maximum absolute atomic E-state index is 13.0. The first-order valence-electron chi connectivity index (χ1n) is 9.70. The minimum Gasteiger partial charge on any atom is -0.356 e. The summed E-state index contributed by atoms with van der Waals surface area (Å²) < 4.78 is 1.84. The second kappa shape index (κ2) is 8.25. The van der Waals surface area contributed by atoms with Crippen molar-refractivity contribution in [3.05, 3.63) is 72.7 Å². The topological polar surface area (TPSA) is 54.3 Å². The summed E-state index contributed by atoms with van der Waals surface area (Å²) in [6.45, 7) is 2.24. The third-order valence-corrected chi connectivity index (χ3v) is 5.20. The highest BCUT2D eigenvalue weighted by atomic mass is 16.2. The van der Waals surface area contributed by atoms with Crippen molar-refractivity contribution in [1.29, 1.82) is 0 Å². The zero-order chi connectivity index (χ0) is 19.3. The van der Waals surface area contributed by atoms with Crippen molar-refractivity contribution < 1.29 is 4.79 Å². The molecule has 28 heavy (non-hydrogen) atoms. The van der Waals surface area contributed by atoms with Gasteiger partial charge in [0.25, 0.3) is 0 Å². The lowest BCUT2D eigenvalue weighted by atomic mass is 9.96. The summed E-state index contributed by atoms with van der Waals surface area (Å²) in [7, 11) is 1.88. The van der Waals surface area contributed by atoms with Crippen LogP contribution in [0.3, 0.4) is 0 Å². The lowest BCUT2D eigenvalue weighted by Crippen LogP contribution is -2.43. The fourth-order valence-electron chi connectivity index (χ4n) is 3.75. The van der Waals surface area contributed by atoms with E-state index < -0.39 is 0 Å². The molecule has 1 amide bonds. The van der Waals surface area contributed by atoms with Gasteiger partial charge in [-0.2, -0.15) is 5.10 Å². The molecule has 0 saturated carbocycles. The van der Waals surface area contributed by atoms with E-state index in [2.05, 4.69) is 15.0 Å². The maximum Gasteiger partial charge on any atom is 0.227 e. The number of hydrogen-bond donors (Lipinski definition) is 0. The number of para-hydroxylation sites is 1. The van der Waals surface area contributed by atoms with Crippen molar-refractivity contribution in [1.82, 2.24) is 19.7 Å². The molecular weight excluding hydrogens is 350 g/mol. The van der Waals surface area contributed by atoms with Gasteiger partial charge < -0.3 is 9.80 Å². The second-order valence-electron chi connectivity index (χ2n) is 7.30. The van der Waals surface area contributed by atoms with Gasteiger partial charge in [-0.25, -0.2) is 9.67 Å². The van der Waals surface area contributed by atoms with Crippen LogP contribution in [-0.4, -0.2) is 45.7 Å². The van der Waals surface area contributed by atoms with Gasteiger partial charge >= 0.3 is 0 Å². The number of rotatable bonds is 5. The van der Waals surface area contributed by atoms with E-state index in [1.165, 1.54) is 0 Å². The molecular formula is C22H25N5O. The smallest absolute Gasteiger partial charge is 0.227 e. The van der Waals surface area contributed by atoms with E-state index in [0.29, 0.717) is 6.54 Å². The van der Waals surface area contributed by atoms with Crippen LogP contribution >= 0.6 is 0 Å². The van der Waals surface area contributed by atoms with E-state index in [1.54, 1.807) is 6.20 Å². The molecule has 0 N–H and O–H groups in total. The number of amides is 1. The first-order valence-corrected chi connectivity index (χ1v) is 9.70. The molecule has 2 aromatic heterocycles. The minimum absolute atomic E-state index is 0.00456. The summed E-state index contributed by atoms with van der Waals surface area (Å²) in [4.78, 5) is 21.5. The zero-order valence-corrected chi connectivity index (χ0v) is 16.1. The third-order valence-electron chi connectivity index (χ3n) is 5.20. The van der Waals surface area contributed by atoms with Crippen LogP contribution in [0.15, 0.2) is 67.1 Å². The molecule has 0 aliphatic carbocycles. The fourth-order valence-corrected chi connectivity index (χ4v) is 3.75. The Labute approximate surface area is 165 Å². The van der Waals surface area contributed by atoms with E-state index in [0.717, 1.165) is 43.0 Å². The summed E-state index contributed by atoms with van der Waals surface area (Å²) in [5.74, 6) is 1.14. The predicted molar refractivity (Wildman–Crippen MR) is 109 cm³/mol. The van der Waals surface area contributed by atoms with Crippen LogP contribution in [-0.2, 0) is 11.3 Å². The Morgan fingerprint density at radius 2 is 2.00 bits per heavy atom. The Balaban J connectivity index is 1.39. The van der Waals surface area contributed by atoms with Crippen molar-refractivity contribution in [2.75, 3.05) is 25.0 Å². The maximum atomic E-state index is 13.0. The summed E-state index contributed by atoms with van der Waals surface area (Å²) in [5.41, 5.74) is 2.04. The molecule has 4 rings (SSSR count). The highest BCUT2D eigenvalue weighted by molar-refractivity contribution is 5.79. The molecule has 1 aliphatic rings. The standard InChI is InChI=1S/C22H25N5O/c1-25(15-18-14-24-27(16-18)20-9-3-2-4-10-20)22(28)19-8-7-13-26(17-19)21-11-5-6-12-23-21/h2-6,9-12,14,16,19H,7-8,13,15,17H2,1H3/t19-/m1/s1. The van der Waals surface area contributed by atoms with Crippen LogP contribution in [0.1, 0.15) is 18.4 Å². The fraction of sp³-hybridized carbons (Fsp3) is 0.318. The van der Waals surface area contributed by atoms with Crippen LogP contribution in [0.25, 0.3) is 5.69 Å². The SMILES string of the molecule is CN(Cc1cnn(-c2ccccc2)c1)C(=O)[C@@H]1CCCN(c2ccccn2)C1. The number of benzene rings is 1. The molecule has 6 nitrogen and oxygen atoms in total. The van der Waals surface area contributed by atoms with Gasteiger partial charge in [0.1, 0.15) is 5.82 Å². The summed E-state index contributed by atoms with van der Waals surface area (Å²) >= 11 is 0. The van der Waals surface area contributed by atoms with Crippen LogP contribution < -0.4 is 4.90 Å². The number of nitrogens with zero attached hydrogens (tertiary/aromatic N) is 5. The Bertz CT molecular complexity index is 909. The van der Waals surface area contributed by atoms with E-state index in [-0.39, 0.29) is 11.8 Å². The number of carbonyl (C=O) groups excluding carboxylic acids is 1. The molecule has 1 saturated heterocycles. The van der Waals surface area contributed by atoms with Gasteiger partial charge in [0.2, 0.25) is 5.91 Å². The van der Waals surface area contributed by atoms with E-state index >= 15 is 0 Å². The molecule has 0 bridgehead atoms. The molecule has 3 aromatic rings. The van der Waals surface area contributed by atoms with Gasteiger partial charge in [0, 0.05) is 44.6 Å². The number of anilines is 1. The molecule has 0 spiro atoms. The van der Waals surface area contributed by atoms with Crippen molar-refractivity contribution >= 4 is 11.7 Å². The number of piperidine rings is 1. The van der Waals surface area contributed by atoms with Crippen LogP contribution in [0, 0.1) is 5.92 Å². The Morgan fingerprint density at radius 1 is 1.18 bits per heavy atom. The highest BCUT2D eigenvalue weighted by Gasteiger charge is 2.28. The normalized spacial score (nSPS) is 16.8. The van der Waals surface area contributed by atoms with Gasteiger partial charge in [-0.05, 0) is 37.1 Å². The first-order chi connectivity index (χ1) is 13.7. The minimum atomic E-state index is 0.00456. The molecule has 0 unspecified atom stereocenters. The summed E-state index contributed by atoms with van der Waals surface area (Å²) in [6.07, 6.45) is 7.55. The van der Waals surface area contributed by atoms with Crippen molar-refractivity contribution in [3.8, 4) is 5.69 Å². The highest BCUT2D eigenvalue weighted by Crippen LogP contribution is 2.23. The summed E-state index contributed by atoms with van der Waals surface area (Å²) in [6, 6.07) is 15.9. The molecule has 0 radical (unpaired) electrons. The van der Waals surface area contributed by atoms with Crippen molar-refractivity contribution in [3.63, 3.8) is 0 Å². The largest absolute Gasteiger partial charge is 0.356 e. The van der Waals surface area contributed by atoms with Gasteiger partial charge in [0.05, 0.1) is 17.8 Å². The number of carbonyl (C=O) groups is 1. The zero-order valence-electron chi connectivity index (χ0n) is 16.1. The monoisotopic (exact) mass is 375 g/mol. The molecule has 144 valence electrons. The number of hydrogen-bond acceptors (Lipinski definition) is 4. The van der Waals surface area contributed by atoms with Crippen molar-refractivity contribution in [2.24, 2.45) is 5.92 Å². The number of aromatic nitrogens is 3. The molecule has 3 heterocycles.